The highest BCUT2D eigenvalue weighted by Gasteiger charge is 2.32. The highest BCUT2D eigenvalue weighted by atomic mass is 19.1. The van der Waals surface area contributed by atoms with Gasteiger partial charge in [-0.25, -0.2) is 13.8 Å². The number of benzene rings is 1. The molecule has 1 aromatic carbocycles. The summed E-state index contributed by atoms with van der Waals surface area (Å²) in [6.45, 7) is 0. The molecule has 104 valence electrons. The third kappa shape index (κ3) is 2.07. The molecule has 3 rings (SSSR count). The molecule has 0 saturated carbocycles. The molecule has 6 heteroatoms. The lowest BCUT2D eigenvalue weighted by molar-refractivity contribution is -0.142. The van der Waals surface area contributed by atoms with Crippen LogP contribution in [0.25, 0.3) is 11.0 Å². The summed E-state index contributed by atoms with van der Waals surface area (Å²) in [6, 6.07) is 1.92. The van der Waals surface area contributed by atoms with Crippen molar-refractivity contribution in [1.29, 1.82) is 0 Å². The number of halogens is 2. The van der Waals surface area contributed by atoms with Gasteiger partial charge in [-0.05, 0) is 18.9 Å². The molecule has 0 aliphatic heterocycles. The Morgan fingerprint density at radius 3 is 2.80 bits per heavy atom. The number of aliphatic carboxylic acids is 1. The number of nitrogens with one attached hydrogen (secondary N) is 1. The van der Waals surface area contributed by atoms with E-state index in [4.69, 9.17) is 0 Å². The number of H-pyrrole nitrogens is 1. The Bertz CT molecular complexity index is 709. The van der Waals surface area contributed by atoms with E-state index >= 15 is 0 Å². The minimum Gasteiger partial charge on any atom is -0.481 e. The van der Waals surface area contributed by atoms with Crippen LogP contribution >= 0.6 is 0 Å². The lowest BCUT2D eigenvalue weighted by Gasteiger charge is -2.23. The number of rotatable bonds is 2. The number of carboxylic acid groups (broad SMARTS) is 1. The van der Waals surface area contributed by atoms with Gasteiger partial charge in [-0.1, -0.05) is 12.2 Å². The molecule has 2 atom stereocenters. The second kappa shape index (κ2) is 4.70. The molecule has 0 amide bonds. The van der Waals surface area contributed by atoms with Crippen molar-refractivity contribution in [2.75, 3.05) is 0 Å². The van der Waals surface area contributed by atoms with Crippen LogP contribution < -0.4 is 0 Å². The molecule has 1 aliphatic carbocycles. The zero-order valence-corrected chi connectivity index (χ0v) is 10.4. The number of carbonyl (C=O) groups is 1. The molecule has 2 N–H and O–H groups in total. The van der Waals surface area contributed by atoms with Crippen LogP contribution in [0.4, 0.5) is 8.78 Å². The highest BCUT2D eigenvalue weighted by molar-refractivity contribution is 5.77. The van der Waals surface area contributed by atoms with E-state index in [0.29, 0.717) is 18.7 Å². The van der Waals surface area contributed by atoms with Gasteiger partial charge in [0.1, 0.15) is 17.2 Å². The minimum atomic E-state index is -0.911. The molecule has 4 nitrogen and oxygen atoms in total. The van der Waals surface area contributed by atoms with E-state index in [1.807, 2.05) is 12.2 Å². The van der Waals surface area contributed by atoms with E-state index in [1.54, 1.807) is 0 Å². The van der Waals surface area contributed by atoms with Gasteiger partial charge in [0, 0.05) is 12.0 Å². The first kappa shape index (κ1) is 12.8. The maximum absolute atomic E-state index is 13.6. The number of hydrogen-bond donors (Lipinski definition) is 2. The lowest BCUT2D eigenvalue weighted by Crippen LogP contribution is -2.24. The SMILES string of the molecule is O=C(O)C1CC=CCC1c1nc2c(F)cc(F)cc2[nH]1. The van der Waals surface area contributed by atoms with Crippen LogP contribution in [0.5, 0.6) is 0 Å². The second-order valence-corrected chi connectivity index (χ2v) is 4.90. The number of aromatic nitrogens is 2. The summed E-state index contributed by atoms with van der Waals surface area (Å²) in [6.07, 6.45) is 4.63. The van der Waals surface area contributed by atoms with Gasteiger partial charge in [0.25, 0.3) is 0 Å². The maximum atomic E-state index is 13.6. The number of aromatic amines is 1. The Morgan fingerprint density at radius 1 is 1.30 bits per heavy atom. The second-order valence-electron chi connectivity index (χ2n) is 4.90. The normalized spacial score (nSPS) is 22.3. The van der Waals surface area contributed by atoms with Gasteiger partial charge in [0.05, 0.1) is 11.4 Å². The van der Waals surface area contributed by atoms with E-state index in [2.05, 4.69) is 9.97 Å². The molecule has 1 heterocycles. The van der Waals surface area contributed by atoms with E-state index in [1.165, 1.54) is 0 Å². The van der Waals surface area contributed by atoms with Gasteiger partial charge in [0.2, 0.25) is 0 Å². The van der Waals surface area contributed by atoms with Gasteiger partial charge in [0.15, 0.2) is 5.82 Å². The van der Waals surface area contributed by atoms with Gasteiger partial charge in [-0.2, -0.15) is 0 Å². The molecule has 0 saturated heterocycles. The first-order chi connectivity index (χ1) is 9.56. The van der Waals surface area contributed by atoms with Gasteiger partial charge >= 0.3 is 5.97 Å². The van der Waals surface area contributed by atoms with Crippen molar-refractivity contribution in [2.24, 2.45) is 5.92 Å². The van der Waals surface area contributed by atoms with Crippen molar-refractivity contribution in [3.05, 3.63) is 41.7 Å². The van der Waals surface area contributed by atoms with Crippen molar-refractivity contribution >= 4 is 17.0 Å². The summed E-state index contributed by atoms with van der Waals surface area (Å²) >= 11 is 0. The van der Waals surface area contributed by atoms with Crippen molar-refractivity contribution < 1.29 is 18.7 Å². The summed E-state index contributed by atoms with van der Waals surface area (Å²) in [5.74, 6) is -2.92. The van der Waals surface area contributed by atoms with E-state index in [-0.39, 0.29) is 17.0 Å². The number of imidazole rings is 1. The zero-order chi connectivity index (χ0) is 14.3. The number of fused-ring (bicyclic) bond motifs is 1. The molecule has 0 radical (unpaired) electrons. The van der Waals surface area contributed by atoms with Crippen LogP contribution in [0.2, 0.25) is 0 Å². The Hall–Kier alpha value is -2.24. The number of nitrogens with zero attached hydrogens (tertiary/aromatic N) is 1. The smallest absolute Gasteiger partial charge is 0.307 e. The molecule has 0 bridgehead atoms. The lowest BCUT2D eigenvalue weighted by atomic mass is 9.82. The first-order valence-electron chi connectivity index (χ1n) is 6.28. The molecular formula is C14H12F2N2O2. The predicted octanol–water partition coefficient (Wildman–Crippen LogP) is 2.98. The molecule has 2 aromatic rings. The average Bonchev–Trinajstić information content (AvgIpc) is 2.82. The van der Waals surface area contributed by atoms with Crippen molar-refractivity contribution in [2.45, 2.75) is 18.8 Å². The van der Waals surface area contributed by atoms with Crippen LogP contribution in [0.1, 0.15) is 24.6 Å². The average molecular weight is 278 g/mol. The fraction of sp³-hybridized carbons (Fsp3) is 0.286. The van der Waals surface area contributed by atoms with Gasteiger partial charge in [-0.3, -0.25) is 4.79 Å². The Balaban J connectivity index is 2.07. The van der Waals surface area contributed by atoms with Crippen molar-refractivity contribution in [1.82, 2.24) is 9.97 Å². The summed E-state index contributed by atoms with van der Waals surface area (Å²) in [4.78, 5) is 18.2. The summed E-state index contributed by atoms with van der Waals surface area (Å²) in [7, 11) is 0. The number of carboxylic acids is 1. The van der Waals surface area contributed by atoms with Gasteiger partial charge in [-0.15, -0.1) is 0 Å². The molecular weight excluding hydrogens is 266 g/mol. The van der Waals surface area contributed by atoms with Crippen LogP contribution in [0, 0.1) is 17.6 Å². The molecule has 0 spiro atoms. The monoisotopic (exact) mass is 278 g/mol. The maximum Gasteiger partial charge on any atom is 0.307 e. The number of allylic oxidation sites excluding steroid dienone is 2. The number of hydrogen-bond acceptors (Lipinski definition) is 2. The summed E-state index contributed by atoms with van der Waals surface area (Å²) in [5.41, 5.74) is 0.288. The topological polar surface area (TPSA) is 66.0 Å². The Kier molecular flexibility index (Phi) is 3.00. The largest absolute Gasteiger partial charge is 0.481 e. The molecule has 1 aliphatic rings. The van der Waals surface area contributed by atoms with Crippen LogP contribution in [-0.2, 0) is 4.79 Å². The van der Waals surface area contributed by atoms with Crippen molar-refractivity contribution in [3.8, 4) is 0 Å². The predicted molar refractivity (Wildman–Crippen MR) is 68.3 cm³/mol. The molecule has 0 fully saturated rings. The third-order valence-corrected chi connectivity index (χ3v) is 3.62. The summed E-state index contributed by atoms with van der Waals surface area (Å²) < 4.78 is 26.8. The van der Waals surface area contributed by atoms with Gasteiger partial charge < -0.3 is 10.1 Å². The minimum absolute atomic E-state index is 0.0418. The van der Waals surface area contributed by atoms with E-state index in [0.717, 1.165) is 12.1 Å². The molecule has 1 aromatic heterocycles. The van der Waals surface area contributed by atoms with Crippen molar-refractivity contribution in [3.63, 3.8) is 0 Å². The zero-order valence-electron chi connectivity index (χ0n) is 10.4. The molecule has 2 unspecified atom stereocenters. The quantitative estimate of drug-likeness (QED) is 0.830. The third-order valence-electron chi connectivity index (χ3n) is 3.62. The summed E-state index contributed by atoms with van der Waals surface area (Å²) in [5, 5.41) is 9.23. The van der Waals surface area contributed by atoms with E-state index in [9.17, 15) is 18.7 Å². The standard InChI is InChI=1S/C14H12F2N2O2/c15-7-5-10(16)12-11(6-7)17-13(18-12)8-3-1-2-4-9(8)14(19)20/h1-2,5-6,8-9H,3-4H2,(H,17,18)(H,19,20). The fourth-order valence-electron chi connectivity index (χ4n) is 2.63. The Morgan fingerprint density at radius 2 is 2.05 bits per heavy atom. The van der Waals surface area contributed by atoms with E-state index < -0.39 is 23.5 Å². The van der Waals surface area contributed by atoms with Crippen LogP contribution in [0.3, 0.4) is 0 Å². The highest BCUT2D eigenvalue weighted by Crippen LogP contribution is 2.34. The fourth-order valence-corrected chi connectivity index (χ4v) is 2.63. The van der Waals surface area contributed by atoms with Crippen LogP contribution in [0.15, 0.2) is 24.3 Å². The Labute approximate surface area is 113 Å². The van der Waals surface area contributed by atoms with Crippen LogP contribution in [-0.4, -0.2) is 21.0 Å². The molecule has 20 heavy (non-hydrogen) atoms. The first-order valence-corrected chi connectivity index (χ1v) is 6.28.